The maximum atomic E-state index is 12.2. The van der Waals surface area contributed by atoms with Crippen LogP contribution in [0.3, 0.4) is 0 Å². The van der Waals surface area contributed by atoms with Crippen molar-refractivity contribution < 1.29 is 13.5 Å². The van der Waals surface area contributed by atoms with E-state index in [-0.39, 0.29) is 11.5 Å². The maximum Gasteiger partial charge on any atom is 0.241 e. The molecule has 1 aromatic rings. The van der Waals surface area contributed by atoms with Crippen molar-refractivity contribution >= 4 is 32.6 Å². The van der Waals surface area contributed by atoms with E-state index in [2.05, 4.69) is 27.3 Å². The first-order chi connectivity index (χ1) is 8.33. The molecule has 0 aliphatic rings. The number of hydrogen-bond acceptors (Lipinski definition) is 3. The number of sulfonamides is 1. The van der Waals surface area contributed by atoms with E-state index < -0.39 is 15.6 Å². The Morgan fingerprint density at radius 1 is 1.33 bits per heavy atom. The molecule has 0 saturated carbocycles. The van der Waals surface area contributed by atoms with E-state index in [1.165, 1.54) is 0 Å². The Balaban J connectivity index is 2.97. The van der Waals surface area contributed by atoms with Crippen molar-refractivity contribution in [2.24, 2.45) is 0 Å². The van der Waals surface area contributed by atoms with Crippen LogP contribution in [0.15, 0.2) is 29.2 Å². The molecule has 0 aliphatic heterocycles. The predicted molar refractivity (Wildman–Crippen MR) is 79.9 cm³/mol. The van der Waals surface area contributed by atoms with E-state index >= 15 is 0 Å². The smallest absolute Gasteiger partial charge is 0.241 e. The molecule has 1 aromatic carbocycles. The van der Waals surface area contributed by atoms with Gasteiger partial charge in [0, 0.05) is 15.7 Å². The van der Waals surface area contributed by atoms with Crippen LogP contribution in [0.4, 0.5) is 0 Å². The molecule has 4 nitrogen and oxygen atoms in total. The van der Waals surface area contributed by atoms with Crippen molar-refractivity contribution in [1.29, 1.82) is 0 Å². The zero-order valence-electron chi connectivity index (χ0n) is 10.5. The largest absolute Gasteiger partial charge is 0.396 e. The molecule has 1 unspecified atom stereocenters. The summed E-state index contributed by atoms with van der Waals surface area (Å²) in [6, 6.07) is 6.67. The molecule has 0 aliphatic carbocycles. The van der Waals surface area contributed by atoms with E-state index in [0.717, 1.165) is 3.57 Å². The highest BCUT2D eigenvalue weighted by atomic mass is 127. The minimum Gasteiger partial charge on any atom is -0.396 e. The summed E-state index contributed by atoms with van der Waals surface area (Å²) in [6.07, 6.45) is 1.02. The van der Waals surface area contributed by atoms with E-state index in [4.69, 9.17) is 5.11 Å². The van der Waals surface area contributed by atoms with Gasteiger partial charge in [0.1, 0.15) is 0 Å². The van der Waals surface area contributed by atoms with Crippen molar-refractivity contribution in [3.8, 4) is 0 Å². The third kappa shape index (κ3) is 4.18. The first-order valence-electron chi connectivity index (χ1n) is 5.73. The third-order valence-electron chi connectivity index (χ3n) is 2.95. The summed E-state index contributed by atoms with van der Waals surface area (Å²) in [5.74, 6) is 0. The van der Waals surface area contributed by atoms with Crippen LogP contribution < -0.4 is 4.72 Å². The molecule has 0 radical (unpaired) electrons. The number of hydrogen-bond donors (Lipinski definition) is 2. The van der Waals surface area contributed by atoms with Gasteiger partial charge in [-0.2, -0.15) is 0 Å². The third-order valence-corrected chi connectivity index (χ3v) is 5.32. The SMILES string of the molecule is CCC(C)(CCO)NS(=O)(=O)c1ccc(I)cc1. The average molecular weight is 383 g/mol. The summed E-state index contributed by atoms with van der Waals surface area (Å²) in [4.78, 5) is 0.250. The van der Waals surface area contributed by atoms with Gasteiger partial charge in [-0.05, 0) is 66.6 Å². The molecular formula is C12H18INO3S. The zero-order chi connectivity index (χ0) is 13.8. The lowest BCUT2D eigenvalue weighted by Gasteiger charge is -2.28. The van der Waals surface area contributed by atoms with Crippen molar-refractivity contribution in [2.45, 2.75) is 37.1 Å². The fraction of sp³-hybridized carbons (Fsp3) is 0.500. The fourth-order valence-electron chi connectivity index (χ4n) is 1.54. The van der Waals surface area contributed by atoms with Gasteiger partial charge in [-0.1, -0.05) is 6.92 Å². The lowest BCUT2D eigenvalue weighted by Crippen LogP contribution is -2.46. The van der Waals surface area contributed by atoms with Crippen LogP contribution in [-0.2, 0) is 10.0 Å². The Labute approximate surface area is 122 Å². The van der Waals surface area contributed by atoms with Crippen LogP contribution in [0, 0.1) is 3.57 Å². The standard InChI is InChI=1S/C12H18INO3S/c1-3-12(2,8-9-15)14-18(16,17)11-6-4-10(13)5-7-11/h4-7,14-15H,3,8-9H2,1-2H3. The number of halogens is 1. The summed E-state index contributed by atoms with van der Waals surface area (Å²) in [5, 5.41) is 9.00. The fourth-order valence-corrected chi connectivity index (χ4v) is 3.41. The second-order valence-electron chi connectivity index (χ2n) is 4.45. The van der Waals surface area contributed by atoms with E-state index in [9.17, 15) is 8.42 Å². The molecule has 102 valence electrons. The van der Waals surface area contributed by atoms with Crippen LogP contribution in [-0.4, -0.2) is 25.7 Å². The first kappa shape index (κ1) is 15.9. The van der Waals surface area contributed by atoms with Crippen LogP contribution >= 0.6 is 22.6 Å². The minimum absolute atomic E-state index is 0.0421. The Hall–Kier alpha value is -0.180. The summed E-state index contributed by atoms with van der Waals surface area (Å²) in [7, 11) is -3.53. The van der Waals surface area contributed by atoms with Gasteiger partial charge in [0.2, 0.25) is 10.0 Å². The number of aliphatic hydroxyl groups excluding tert-OH is 1. The number of nitrogens with one attached hydrogen (secondary N) is 1. The Morgan fingerprint density at radius 2 is 1.89 bits per heavy atom. The highest BCUT2D eigenvalue weighted by Crippen LogP contribution is 2.19. The topological polar surface area (TPSA) is 66.4 Å². The summed E-state index contributed by atoms with van der Waals surface area (Å²) >= 11 is 2.13. The maximum absolute atomic E-state index is 12.2. The monoisotopic (exact) mass is 383 g/mol. The van der Waals surface area contributed by atoms with Gasteiger partial charge < -0.3 is 5.11 Å². The van der Waals surface area contributed by atoms with Gasteiger partial charge in [-0.15, -0.1) is 0 Å². The van der Waals surface area contributed by atoms with Crippen LogP contribution in [0.5, 0.6) is 0 Å². The Kier molecular flexibility index (Phi) is 5.57. The average Bonchev–Trinajstić information content (AvgIpc) is 2.29. The molecule has 18 heavy (non-hydrogen) atoms. The first-order valence-corrected chi connectivity index (χ1v) is 8.29. The molecule has 0 amide bonds. The zero-order valence-corrected chi connectivity index (χ0v) is 13.5. The molecular weight excluding hydrogens is 365 g/mol. The summed E-state index contributed by atoms with van der Waals surface area (Å²) < 4.78 is 28.0. The molecule has 6 heteroatoms. The van der Waals surface area contributed by atoms with Crippen molar-refractivity contribution in [3.63, 3.8) is 0 Å². The normalized spacial score (nSPS) is 15.3. The van der Waals surface area contributed by atoms with E-state index in [1.807, 2.05) is 6.92 Å². The van der Waals surface area contributed by atoms with Gasteiger partial charge in [0.05, 0.1) is 4.90 Å². The van der Waals surface area contributed by atoms with Crippen molar-refractivity contribution in [3.05, 3.63) is 27.8 Å². The second-order valence-corrected chi connectivity index (χ2v) is 7.38. The van der Waals surface area contributed by atoms with Crippen LogP contribution in [0.2, 0.25) is 0 Å². The summed E-state index contributed by atoms with van der Waals surface area (Å²) in [5.41, 5.74) is -0.615. The van der Waals surface area contributed by atoms with Gasteiger partial charge in [0.15, 0.2) is 0 Å². The van der Waals surface area contributed by atoms with Gasteiger partial charge >= 0.3 is 0 Å². The lowest BCUT2D eigenvalue weighted by molar-refractivity contribution is 0.233. The Morgan fingerprint density at radius 3 is 2.33 bits per heavy atom. The molecule has 0 saturated heterocycles. The number of aliphatic hydroxyl groups is 1. The molecule has 2 N–H and O–H groups in total. The van der Waals surface area contributed by atoms with E-state index in [1.54, 1.807) is 31.2 Å². The quantitative estimate of drug-likeness (QED) is 0.740. The van der Waals surface area contributed by atoms with Crippen LogP contribution in [0.25, 0.3) is 0 Å². The molecule has 0 aromatic heterocycles. The molecule has 0 fully saturated rings. The highest BCUT2D eigenvalue weighted by Gasteiger charge is 2.28. The summed E-state index contributed by atoms with van der Waals surface area (Å²) in [6.45, 7) is 3.65. The number of benzene rings is 1. The molecule has 0 spiro atoms. The second kappa shape index (κ2) is 6.31. The molecule has 0 heterocycles. The molecule has 0 bridgehead atoms. The predicted octanol–water partition coefficient (Wildman–Crippen LogP) is 2.12. The van der Waals surface area contributed by atoms with Crippen LogP contribution in [0.1, 0.15) is 26.7 Å². The Bertz CT molecular complexity index is 487. The van der Waals surface area contributed by atoms with E-state index in [0.29, 0.717) is 12.8 Å². The lowest BCUT2D eigenvalue weighted by atomic mass is 9.97. The van der Waals surface area contributed by atoms with Gasteiger partial charge in [-0.3, -0.25) is 0 Å². The van der Waals surface area contributed by atoms with Gasteiger partial charge in [-0.25, -0.2) is 13.1 Å². The van der Waals surface area contributed by atoms with Crippen molar-refractivity contribution in [1.82, 2.24) is 4.72 Å². The van der Waals surface area contributed by atoms with Crippen molar-refractivity contribution in [2.75, 3.05) is 6.61 Å². The molecule has 1 atom stereocenters. The number of rotatable bonds is 6. The minimum atomic E-state index is -3.53. The molecule has 1 rings (SSSR count). The van der Waals surface area contributed by atoms with Gasteiger partial charge in [0.25, 0.3) is 0 Å². The highest BCUT2D eigenvalue weighted by molar-refractivity contribution is 14.1.